The van der Waals surface area contributed by atoms with Crippen molar-refractivity contribution >= 4 is 0 Å². The van der Waals surface area contributed by atoms with Gasteiger partial charge in [0.05, 0.1) is 12.0 Å². The Labute approximate surface area is 92.7 Å². The van der Waals surface area contributed by atoms with Crippen LogP contribution < -0.4 is 0 Å². The molecule has 0 saturated heterocycles. The van der Waals surface area contributed by atoms with Crippen LogP contribution in [0.25, 0.3) is 0 Å². The molecule has 1 unspecified atom stereocenters. The van der Waals surface area contributed by atoms with Crippen LogP contribution in [0.1, 0.15) is 42.0 Å². The van der Waals surface area contributed by atoms with Crippen molar-refractivity contribution in [3.8, 4) is 6.07 Å². The summed E-state index contributed by atoms with van der Waals surface area (Å²) in [7, 11) is 0. The van der Waals surface area contributed by atoms with Crippen molar-refractivity contribution in [2.75, 3.05) is 0 Å². The van der Waals surface area contributed by atoms with Gasteiger partial charge in [0.1, 0.15) is 0 Å². The molecule has 0 spiro atoms. The Hall–Kier alpha value is -1.29. The number of benzene rings is 1. The minimum Gasteiger partial charge on any atom is -0.198 e. The lowest BCUT2D eigenvalue weighted by atomic mass is 9.84. The molecule has 1 rings (SSSR count). The van der Waals surface area contributed by atoms with Crippen molar-refractivity contribution in [2.45, 2.75) is 40.5 Å². The fourth-order valence-electron chi connectivity index (χ4n) is 2.23. The Morgan fingerprint density at radius 3 is 1.87 bits per heavy atom. The van der Waals surface area contributed by atoms with Gasteiger partial charge < -0.3 is 0 Å². The van der Waals surface area contributed by atoms with Gasteiger partial charge in [-0.3, -0.25) is 0 Å². The van der Waals surface area contributed by atoms with E-state index in [0.29, 0.717) is 5.92 Å². The van der Waals surface area contributed by atoms with Crippen molar-refractivity contribution in [2.24, 2.45) is 5.92 Å². The molecule has 0 amide bonds. The van der Waals surface area contributed by atoms with Crippen LogP contribution >= 0.6 is 0 Å². The SMILES string of the molecule is Cc1cc(C)c(C(C#N)C(C)C)c(C)c1. The molecule has 0 aliphatic rings. The first-order valence-electron chi connectivity index (χ1n) is 5.44. The first kappa shape index (κ1) is 11.8. The summed E-state index contributed by atoms with van der Waals surface area (Å²) in [4.78, 5) is 0. The fraction of sp³-hybridized carbons (Fsp3) is 0.500. The molecule has 1 aromatic rings. The van der Waals surface area contributed by atoms with Crippen molar-refractivity contribution < 1.29 is 0 Å². The maximum atomic E-state index is 9.22. The largest absolute Gasteiger partial charge is 0.198 e. The molecular weight excluding hydrogens is 182 g/mol. The highest BCUT2D eigenvalue weighted by atomic mass is 14.3. The van der Waals surface area contributed by atoms with E-state index in [4.69, 9.17) is 0 Å². The number of hydrogen-bond acceptors (Lipinski definition) is 1. The maximum absolute atomic E-state index is 9.22. The summed E-state index contributed by atoms with van der Waals surface area (Å²) in [6.07, 6.45) is 0. The van der Waals surface area contributed by atoms with Crippen molar-refractivity contribution in [1.82, 2.24) is 0 Å². The summed E-state index contributed by atoms with van der Waals surface area (Å²) in [6, 6.07) is 6.74. The molecule has 0 saturated carbocycles. The molecule has 1 atom stereocenters. The molecule has 0 bridgehead atoms. The summed E-state index contributed by atoms with van der Waals surface area (Å²) >= 11 is 0. The maximum Gasteiger partial charge on any atom is 0.0740 e. The minimum absolute atomic E-state index is 0.0191. The Kier molecular flexibility index (Phi) is 3.52. The first-order chi connectivity index (χ1) is 6.97. The van der Waals surface area contributed by atoms with Crippen molar-refractivity contribution in [3.05, 3.63) is 34.4 Å². The predicted molar refractivity (Wildman–Crippen MR) is 63.8 cm³/mol. The average molecular weight is 201 g/mol. The van der Waals surface area contributed by atoms with Crippen LogP contribution in [0.5, 0.6) is 0 Å². The van der Waals surface area contributed by atoms with E-state index >= 15 is 0 Å². The Morgan fingerprint density at radius 1 is 1.07 bits per heavy atom. The number of nitriles is 1. The molecule has 80 valence electrons. The zero-order valence-corrected chi connectivity index (χ0v) is 10.3. The lowest BCUT2D eigenvalue weighted by molar-refractivity contribution is 0.582. The number of hydrogen-bond donors (Lipinski definition) is 0. The van der Waals surface area contributed by atoms with Gasteiger partial charge in [-0.2, -0.15) is 5.26 Å². The monoisotopic (exact) mass is 201 g/mol. The van der Waals surface area contributed by atoms with Gasteiger partial charge in [-0.05, 0) is 43.4 Å². The van der Waals surface area contributed by atoms with Crippen LogP contribution in [-0.2, 0) is 0 Å². The summed E-state index contributed by atoms with van der Waals surface area (Å²) in [5.74, 6) is 0.390. The molecule has 0 fully saturated rings. The van der Waals surface area contributed by atoms with E-state index in [1.54, 1.807) is 0 Å². The van der Waals surface area contributed by atoms with Gasteiger partial charge in [0.25, 0.3) is 0 Å². The Balaban J connectivity index is 3.31. The van der Waals surface area contributed by atoms with Gasteiger partial charge in [0.2, 0.25) is 0 Å². The quantitative estimate of drug-likeness (QED) is 0.712. The molecule has 1 nitrogen and oxygen atoms in total. The highest BCUT2D eigenvalue weighted by Crippen LogP contribution is 2.30. The Bertz CT molecular complexity index is 373. The lowest BCUT2D eigenvalue weighted by Gasteiger charge is -2.19. The van der Waals surface area contributed by atoms with Crippen LogP contribution in [-0.4, -0.2) is 0 Å². The number of rotatable bonds is 2. The van der Waals surface area contributed by atoms with Crippen LogP contribution in [0.3, 0.4) is 0 Å². The van der Waals surface area contributed by atoms with E-state index in [9.17, 15) is 5.26 Å². The number of nitrogens with zero attached hydrogens (tertiary/aromatic N) is 1. The normalized spacial score (nSPS) is 12.6. The summed E-state index contributed by atoms with van der Waals surface area (Å²) in [5.41, 5.74) is 4.98. The smallest absolute Gasteiger partial charge is 0.0740 e. The van der Waals surface area contributed by atoms with E-state index in [-0.39, 0.29) is 5.92 Å². The van der Waals surface area contributed by atoms with Crippen LogP contribution in [0, 0.1) is 38.0 Å². The second-order valence-corrected chi connectivity index (χ2v) is 4.66. The van der Waals surface area contributed by atoms with E-state index in [1.165, 1.54) is 22.3 Å². The van der Waals surface area contributed by atoms with Gasteiger partial charge >= 0.3 is 0 Å². The second kappa shape index (κ2) is 4.49. The van der Waals surface area contributed by atoms with Gasteiger partial charge in [-0.25, -0.2) is 0 Å². The summed E-state index contributed by atoms with van der Waals surface area (Å²) < 4.78 is 0. The van der Waals surface area contributed by atoms with Gasteiger partial charge in [0.15, 0.2) is 0 Å². The standard InChI is InChI=1S/C14H19N/c1-9(2)13(8-15)14-11(4)6-10(3)7-12(14)5/h6-7,9,13H,1-5H3. The predicted octanol–water partition coefficient (Wildman–Crippen LogP) is 3.88. The van der Waals surface area contributed by atoms with Crippen LogP contribution in [0.2, 0.25) is 0 Å². The van der Waals surface area contributed by atoms with E-state index < -0.39 is 0 Å². The second-order valence-electron chi connectivity index (χ2n) is 4.66. The van der Waals surface area contributed by atoms with E-state index in [0.717, 1.165) is 0 Å². The minimum atomic E-state index is 0.0191. The molecule has 1 heteroatoms. The highest BCUT2D eigenvalue weighted by molar-refractivity contribution is 5.42. The van der Waals surface area contributed by atoms with E-state index in [2.05, 4.69) is 52.8 Å². The van der Waals surface area contributed by atoms with Crippen molar-refractivity contribution in [3.63, 3.8) is 0 Å². The topological polar surface area (TPSA) is 23.8 Å². The third kappa shape index (κ3) is 2.39. The molecule has 0 heterocycles. The number of aryl methyl sites for hydroxylation is 3. The van der Waals surface area contributed by atoms with Gasteiger partial charge in [-0.15, -0.1) is 0 Å². The first-order valence-corrected chi connectivity index (χ1v) is 5.44. The van der Waals surface area contributed by atoms with E-state index in [1.807, 2.05) is 0 Å². The molecule has 0 N–H and O–H groups in total. The molecule has 0 aliphatic carbocycles. The van der Waals surface area contributed by atoms with Crippen molar-refractivity contribution in [1.29, 1.82) is 5.26 Å². The molecule has 0 radical (unpaired) electrons. The third-order valence-electron chi connectivity index (χ3n) is 2.85. The van der Waals surface area contributed by atoms with Gasteiger partial charge in [-0.1, -0.05) is 31.5 Å². The summed E-state index contributed by atoms with van der Waals surface area (Å²) in [6.45, 7) is 10.5. The highest BCUT2D eigenvalue weighted by Gasteiger charge is 2.19. The zero-order valence-electron chi connectivity index (χ0n) is 10.3. The zero-order chi connectivity index (χ0) is 11.6. The molecule has 1 aromatic carbocycles. The molecular formula is C14H19N. The molecule has 0 aromatic heterocycles. The lowest BCUT2D eigenvalue weighted by Crippen LogP contribution is -2.08. The fourth-order valence-corrected chi connectivity index (χ4v) is 2.23. The molecule has 15 heavy (non-hydrogen) atoms. The average Bonchev–Trinajstić information content (AvgIpc) is 2.09. The van der Waals surface area contributed by atoms with Crippen LogP contribution in [0.15, 0.2) is 12.1 Å². The summed E-state index contributed by atoms with van der Waals surface area (Å²) in [5, 5.41) is 9.22. The molecule has 0 aliphatic heterocycles. The van der Waals surface area contributed by atoms with Crippen LogP contribution in [0.4, 0.5) is 0 Å². The third-order valence-corrected chi connectivity index (χ3v) is 2.85. The Morgan fingerprint density at radius 2 is 1.53 bits per heavy atom. The van der Waals surface area contributed by atoms with Gasteiger partial charge in [0, 0.05) is 0 Å².